The number of nitrogens with zero attached hydrogens (tertiary/aromatic N) is 2. The van der Waals surface area contributed by atoms with Crippen molar-refractivity contribution in [3.63, 3.8) is 0 Å². The molecule has 1 aliphatic rings. The maximum Gasteiger partial charge on any atom is 0.272 e. The molecule has 0 spiro atoms. The van der Waals surface area contributed by atoms with Crippen LogP contribution in [0.25, 0.3) is 21.8 Å². The van der Waals surface area contributed by atoms with Gasteiger partial charge in [0.05, 0.1) is 24.8 Å². The van der Waals surface area contributed by atoms with E-state index in [0.29, 0.717) is 28.9 Å². The summed E-state index contributed by atoms with van der Waals surface area (Å²) in [5.74, 6) is 0.0503. The van der Waals surface area contributed by atoms with Crippen LogP contribution in [0.2, 0.25) is 0 Å². The summed E-state index contributed by atoms with van der Waals surface area (Å²) in [5.41, 5.74) is 1.48. The smallest absolute Gasteiger partial charge is 0.272 e. The number of carbonyl (C=O) groups is 1. The van der Waals surface area contributed by atoms with E-state index in [1.54, 1.807) is 11.6 Å². The highest BCUT2D eigenvalue weighted by Crippen LogP contribution is 2.33. The van der Waals surface area contributed by atoms with Gasteiger partial charge < -0.3 is 29.6 Å². The molecule has 8 nitrogen and oxygen atoms in total. The van der Waals surface area contributed by atoms with Gasteiger partial charge in [-0.05, 0) is 18.9 Å². The number of benzene rings is 1. The van der Waals surface area contributed by atoms with Gasteiger partial charge in [-0.25, -0.2) is 0 Å². The van der Waals surface area contributed by atoms with Crippen LogP contribution in [0.1, 0.15) is 23.3 Å². The Hall–Kier alpha value is -2.84. The van der Waals surface area contributed by atoms with Crippen LogP contribution in [0.5, 0.6) is 5.75 Å². The number of aryl methyl sites for hydroxylation is 1. The standard InChI is InChI=1S/C21H26N4O4/c1-24-17-14-5-3-4-6-15(14)23-20(27)16(17)19(29-2)18(24)21(28)22-13-7-9-25(10-8-13)11-12-26/h3-6,13,26H,7-12H2,1-2H3,(H,22,28)(H,23,27). The maximum atomic E-state index is 13.2. The average molecular weight is 398 g/mol. The van der Waals surface area contributed by atoms with Crippen LogP contribution >= 0.6 is 0 Å². The molecule has 0 aliphatic carbocycles. The maximum absolute atomic E-state index is 13.2. The van der Waals surface area contributed by atoms with E-state index in [1.165, 1.54) is 7.11 Å². The van der Waals surface area contributed by atoms with E-state index in [2.05, 4.69) is 15.2 Å². The number of ether oxygens (including phenoxy) is 1. The molecule has 1 saturated heterocycles. The first-order valence-electron chi connectivity index (χ1n) is 9.86. The van der Waals surface area contributed by atoms with E-state index >= 15 is 0 Å². The third-order valence-electron chi connectivity index (χ3n) is 5.77. The Bertz CT molecular complexity index is 1110. The van der Waals surface area contributed by atoms with Crippen LogP contribution in [0.15, 0.2) is 29.1 Å². The molecule has 0 radical (unpaired) electrons. The average Bonchev–Trinajstić information content (AvgIpc) is 3.03. The number of para-hydroxylation sites is 1. The predicted molar refractivity (Wildman–Crippen MR) is 112 cm³/mol. The Balaban J connectivity index is 1.71. The molecule has 29 heavy (non-hydrogen) atoms. The minimum Gasteiger partial charge on any atom is -0.493 e. The van der Waals surface area contributed by atoms with E-state index in [9.17, 15) is 9.59 Å². The van der Waals surface area contributed by atoms with E-state index in [-0.39, 0.29) is 24.1 Å². The number of rotatable bonds is 5. The van der Waals surface area contributed by atoms with Crippen molar-refractivity contribution in [1.29, 1.82) is 0 Å². The van der Waals surface area contributed by atoms with Crippen molar-refractivity contribution in [2.45, 2.75) is 18.9 Å². The molecular weight excluding hydrogens is 372 g/mol. The fraction of sp³-hybridized carbons (Fsp3) is 0.429. The lowest BCUT2D eigenvalue weighted by Crippen LogP contribution is -2.45. The highest BCUT2D eigenvalue weighted by atomic mass is 16.5. The number of aromatic amines is 1. The van der Waals surface area contributed by atoms with Gasteiger partial charge in [-0.3, -0.25) is 9.59 Å². The first kappa shape index (κ1) is 19.5. The number of hydrogen-bond acceptors (Lipinski definition) is 5. The Morgan fingerprint density at radius 3 is 2.72 bits per heavy atom. The molecule has 4 rings (SSSR count). The second-order valence-electron chi connectivity index (χ2n) is 7.48. The van der Waals surface area contributed by atoms with Gasteiger partial charge in [0.25, 0.3) is 11.5 Å². The molecule has 154 valence electrons. The number of piperidine rings is 1. The van der Waals surface area contributed by atoms with Crippen LogP contribution in [-0.4, -0.2) is 64.9 Å². The fourth-order valence-corrected chi connectivity index (χ4v) is 4.32. The minimum atomic E-state index is -0.275. The number of aromatic nitrogens is 2. The number of β-amino-alcohol motifs (C(OH)–C–C–N with tert-alkyl or cyclic N) is 1. The van der Waals surface area contributed by atoms with Crippen molar-refractivity contribution in [3.8, 4) is 5.75 Å². The molecule has 0 saturated carbocycles. The van der Waals surface area contributed by atoms with Crippen LogP contribution in [0.4, 0.5) is 0 Å². The molecule has 8 heteroatoms. The van der Waals surface area contributed by atoms with Gasteiger partial charge in [0, 0.05) is 38.1 Å². The van der Waals surface area contributed by atoms with Crippen LogP contribution in [0, 0.1) is 0 Å². The van der Waals surface area contributed by atoms with Gasteiger partial charge in [0.1, 0.15) is 5.39 Å². The van der Waals surface area contributed by atoms with Crippen LogP contribution < -0.4 is 15.6 Å². The monoisotopic (exact) mass is 398 g/mol. The lowest BCUT2D eigenvalue weighted by Gasteiger charge is -2.31. The third kappa shape index (κ3) is 3.38. The summed E-state index contributed by atoms with van der Waals surface area (Å²) in [7, 11) is 3.27. The molecule has 0 atom stereocenters. The van der Waals surface area contributed by atoms with E-state index < -0.39 is 0 Å². The number of H-pyrrole nitrogens is 1. The van der Waals surface area contributed by atoms with E-state index in [0.717, 1.165) is 36.8 Å². The molecule has 0 unspecified atom stereocenters. The van der Waals surface area contributed by atoms with Crippen molar-refractivity contribution in [2.75, 3.05) is 33.4 Å². The summed E-state index contributed by atoms with van der Waals surface area (Å²) in [4.78, 5) is 31.0. The SMILES string of the molecule is COc1c(C(=O)NC2CCN(CCO)CC2)n(C)c2c1c(=O)[nH]c1ccccc12. The highest BCUT2D eigenvalue weighted by Gasteiger charge is 2.28. The van der Waals surface area contributed by atoms with Crippen LogP contribution in [0.3, 0.4) is 0 Å². The zero-order valence-corrected chi connectivity index (χ0v) is 16.7. The third-order valence-corrected chi connectivity index (χ3v) is 5.77. The number of aliphatic hydroxyl groups is 1. The number of amides is 1. The second-order valence-corrected chi connectivity index (χ2v) is 7.48. The van der Waals surface area contributed by atoms with Crippen molar-refractivity contribution in [2.24, 2.45) is 7.05 Å². The van der Waals surface area contributed by atoms with Crippen LogP contribution in [-0.2, 0) is 7.05 Å². The Morgan fingerprint density at radius 1 is 1.31 bits per heavy atom. The molecule has 1 aromatic carbocycles. The van der Waals surface area contributed by atoms with Crippen molar-refractivity contribution >= 4 is 27.7 Å². The van der Waals surface area contributed by atoms with Crippen molar-refractivity contribution < 1.29 is 14.6 Å². The first-order chi connectivity index (χ1) is 14.0. The van der Waals surface area contributed by atoms with Crippen molar-refractivity contribution in [1.82, 2.24) is 19.8 Å². The number of likely N-dealkylation sites (tertiary alicyclic amines) is 1. The summed E-state index contributed by atoms with van der Waals surface area (Å²) in [5, 5.41) is 13.4. The van der Waals surface area contributed by atoms with Gasteiger partial charge in [-0.1, -0.05) is 18.2 Å². The topological polar surface area (TPSA) is 99.6 Å². The lowest BCUT2D eigenvalue weighted by atomic mass is 10.0. The first-order valence-corrected chi connectivity index (χ1v) is 9.86. The minimum absolute atomic E-state index is 0.0511. The predicted octanol–water partition coefficient (Wildman–Crippen LogP) is 1.21. The quantitative estimate of drug-likeness (QED) is 0.600. The molecule has 0 bridgehead atoms. The molecule has 1 aliphatic heterocycles. The normalized spacial score (nSPS) is 15.8. The number of carbonyl (C=O) groups excluding carboxylic acids is 1. The number of hydrogen-bond donors (Lipinski definition) is 3. The number of nitrogens with one attached hydrogen (secondary N) is 2. The zero-order chi connectivity index (χ0) is 20.5. The number of pyridine rings is 1. The number of methoxy groups -OCH3 is 1. The van der Waals surface area contributed by atoms with E-state index in [4.69, 9.17) is 9.84 Å². The Kier molecular flexibility index (Phi) is 5.29. The number of aliphatic hydroxyl groups excluding tert-OH is 1. The molecule has 1 amide bonds. The molecule has 2 aromatic heterocycles. The van der Waals surface area contributed by atoms with E-state index in [1.807, 2.05) is 24.3 Å². The lowest BCUT2D eigenvalue weighted by molar-refractivity contribution is 0.0892. The molecule has 3 heterocycles. The molecule has 3 N–H and O–H groups in total. The highest BCUT2D eigenvalue weighted by molar-refractivity contribution is 6.11. The Labute approximate surface area is 168 Å². The van der Waals surface area contributed by atoms with Gasteiger partial charge in [0.2, 0.25) is 0 Å². The molecular formula is C21H26N4O4. The zero-order valence-electron chi connectivity index (χ0n) is 16.7. The van der Waals surface area contributed by atoms with Gasteiger partial charge in [-0.2, -0.15) is 0 Å². The van der Waals surface area contributed by atoms with Crippen molar-refractivity contribution in [3.05, 3.63) is 40.3 Å². The molecule has 3 aromatic rings. The summed E-state index contributed by atoms with van der Waals surface area (Å²) < 4.78 is 7.28. The summed E-state index contributed by atoms with van der Waals surface area (Å²) >= 11 is 0. The number of fused-ring (bicyclic) bond motifs is 3. The van der Waals surface area contributed by atoms with Gasteiger partial charge in [-0.15, -0.1) is 0 Å². The molecule has 1 fully saturated rings. The Morgan fingerprint density at radius 2 is 2.03 bits per heavy atom. The summed E-state index contributed by atoms with van der Waals surface area (Å²) in [6.07, 6.45) is 1.64. The summed E-state index contributed by atoms with van der Waals surface area (Å²) in [6.45, 7) is 2.48. The fourth-order valence-electron chi connectivity index (χ4n) is 4.32. The van der Waals surface area contributed by atoms with Gasteiger partial charge >= 0.3 is 0 Å². The largest absolute Gasteiger partial charge is 0.493 e. The van der Waals surface area contributed by atoms with Gasteiger partial charge in [0.15, 0.2) is 11.4 Å². The second kappa shape index (κ2) is 7.88. The summed E-state index contributed by atoms with van der Waals surface area (Å²) in [6, 6.07) is 7.58.